The van der Waals surface area contributed by atoms with Gasteiger partial charge in [-0.05, 0) is 42.0 Å². The molecule has 0 radical (unpaired) electrons. The maximum absolute atomic E-state index is 12.3. The summed E-state index contributed by atoms with van der Waals surface area (Å²) in [6.45, 7) is 6.24. The molecule has 132 valence electrons. The molecular formula is C21H26N2O2. The fraction of sp³-hybridized carbons (Fsp3) is 0.333. The molecule has 0 unspecified atom stereocenters. The predicted molar refractivity (Wildman–Crippen MR) is 101 cm³/mol. The Bertz CT molecular complexity index is 711. The maximum Gasteiger partial charge on any atom is 0.313 e. The van der Waals surface area contributed by atoms with E-state index in [0.717, 1.165) is 24.0 Å². The van der Waals surface area contributed by atoms with Crippen molar-refractivity contribution in [2.24, 2.45) is 5.92 Å². The van der Waals surface area contributed by atoms with E-state index < -0.39 is 11.8 Å². The number of nitrogens with one attached hydrogen (secondary N) is 2. The van der Waals surface area contributed by atoms with Crippen LogP contribution in [0.15, 0.2) is 54.6 Å². The number of carbonyl (C=O) groups is 2. The van der Waals surface area contributed by atoms with E-state index in [1.165, 1.54) is 0 Å². The Morgan fingerprint density at radius 1 is 0.960 bits per heavy atom. The van der Waals surface area contributed by atoms with Crippen molar-refractivity contribution in [3.8, 4) is 0 Å². The Kier molecular flexibility index (Phi) is 6.75. The van der Waals surface area contributed by atoms with E-state index in [4.69, 9.17) is 0 Å². The van der Waals surface area contributed by atoms with E-state index in [-0.39, 0.29) is 6.04 Å². The highest BCUT2D eigenvalue weighted by atomic mass is 16.2. The third-order valence-corrected chi connectivity index (χ3v) is 4.01. The van der Waals surface area contributed by atoms with Crippen molar-refractivity contribution in [2.75, 3.05) is 5.32 Å². The van der Waals surface area contributed by atoms with Crippen molar-refractivity contribution in [1.29, 1.82) is 0 Å². The van der Waals surface area contributed by atoms with E-state index in [0.29, 0.717) is 11.6 Å². The van der Waals surface area contributed by atoms with Crippen LogP contribution in [0.2, 0.25) is 0 Å². The zero-order chi connectivity index (χ0) is 18.2. The molecule has 4 heteroatoms. The van der Waals surface area contributed by atoms with Gasteiger partial charge in [0.1, 0.15) is 0 Å². The van der Waals surface area contributed by atoms with Crippen molar-refractivity contribution in [3.05, 3.63) is 65.7 Å². The first kappa shape index (κ1) is 18.7. The fourth-order valence-electron chi connectivity index (χ4n) is 2.72. The minimum absolute atomic E-state index is 0.179. The Morgan fingerprint density at radius 2 is 1.68 bits per heavy atom. The molecule has 25 heavy (non-hydrogen) atoms. The van der Waals surface area contributed by atoms with Crippen LogP contribution in [0.3, 0.4) is 0 Å². The Balaban J connectivity index is 2.05. The summed E-state index contributed by atoms with van der Waals surface area (Å²) in [5.74, 6) is -0.857. The molecule has 0 aromatic heterocycles. The van der Waals surface area contributed by atoms with Crippen molar-refractivity contribution in [3.63, 3.8) is 0 Å². The monoisotopic (exact) mass is 338 g/mol. The van der Waals surface area contributed by atoms with Crippen LogP contribution in [0, 0.1) is 5.92 Å². The van der Waals surface area contributed by atoms with Gasteiger partial charge in [-0.1, -0.05) is 63.2 Å². The molecule has 0 saturated carbocycles. The minimum Gasteiger partial charge on any atom is -0.341 e. The van der Waals surface area contributed by atoms with Gasteiger partial charge in [0.2, 0.25) is 0 Å². The second kappa shape index (κ2) is 9.02. The topological polar surface area (TPSA) is 58.2 Å². The zero-order valence-corrected chi connectivity index (χ0v) is 15.1. The van der Waals surface area contributed by atoms with Gasteiger partial charge in [0.05, 0.1) is 6.04 Å². The van der Waals surface area contributed by atoms with Crippen LogP contribution in [0.25, 0.3) is 0 Å². The molecule has 0 saturated heterocycles. The molecule has 0 spiro atoms. The van der Waals surface area contributed by atoms with Crippen LogP contribution < -0.4 is 10.6 Å². The Morgan fingerprint density at radius 3 is 2.32 bits per heavy atom. The number of anilines is 1. The SMILES string of the molecule is CCc1cccc(NC(=O)C(=O)N[C@H](CC(C)C)c2ccccc2)c1. The van der Waals surface area contributed by atoms with Crippen LogP contribution in [0.4, 0.5) is 5.69 Å². The summed E-state index contributed by atoms with van der Waals surface area (Å²) < 4.78 is 0. The maximum atomic E-state index is 12.3. The average Bonchev–Trinajstić information content (AvgIpc) is 2.61. The smallest absolute Gasteiger partial charge is 0.313 e. The highest BCUT2D eigenvalue weighted by Gasteiger charge is 2.21. The van der Waals surface area contributed by atoms with Crippen molar-refractivity contribution in [1.82, 2.24) is 5.32 Å². The summed E-state index contributed by atoms with van der Waals surface area (Å²) in [5.41, 5.74) is 2.75. The highest BCUT2D eigenvalue weighted by Crippen LogP contribution is 2.21. The van der Waals surface area contributed by atoms with Crippen LogP contribution >= 0.6 is 0 Å². The van der Waals surface area contributed by atoms with Gasteiger partial charge in [-0.2, -0.15) is 0 Å². The number of aryl methyl sites for hydroxylation is 1. The summed E-state index contributed by atoms with van der Waals surface area (Å²) >= 11 is 0. The highest BCUT2D eigenvalue weighted by molar-refractivity contribution is 6.39. The van der Waals surface area contributed by atoms with Crippen LogP contribution in [-0.2, 0) is 16.0 Å². The van der Waals surface area contributed by atoms with E-state index >= 15 is 0 Å². The number of carbonyl (C=O) groups excluding carboxylic acids is 2. The van der Waals surface area contributed by atoms with Gasteiger partial charge in [0, 0.05) is 5.69 Å². The van der Waals surface area contributed by atoms with E-state index in [1.807, 2.05) is 55.5 Å². The van der Waals surface area contributed by atoms with Gasteiger partial charge in [-0.3, -0.25) is 9.59 Å². The summed E-state index contributed by atoms with van der Waals surface area (Å²) in [5, 5.41) is 5.54. The molecule has 0 aliphatic rings. The number of hydrogen-bond acceptors (Lipinski definition) is 2. The van der Waals surface area contributed by atoms with Gasteiger partial charge in [-0.15, -0.1) is 0 Å². The lowest BCUT2D eigenvalue weighted by atomic mass is 9.97. The lowest BCUT2D eigenvalue weighted by molar-refractivity contribution is -0.136. The molecule has 0 bridgehead atoms. The van der Waals surface area contributed by atoms with Crippen molar-refractivity contribution < 1.29 is 9.59 Å². The largest absolute Gasteiger partial charge is 0.341 e. The van der Waals surface area contributed by atoms with E-state index in [2.05, 4.69) is 24.5 Å². The van der Waals surface area contributed by atoms with Crippen molar-refractivity contribution in [2.45, 2.75) is 39.7 Å². The Hall–Kier alpha value is -2.62. The van der Waals surface area contributed by atoms with Gasteiger partial charge >= 0.3 is 11.8 Å². The first-order valence-electron chi connectivity index (χ1n) is 8.75. The van der Waals surface area contributed by atoms with Gasteiger partial charge < -0.3 is 10.6 Å². The second-order valence-electron chi connectivity index (χ2n) is 6.57. The van der Waals surface area contributed by atoms with Crippen LogP contribution in [-0.4, -0.2) is 11.8 Å². The summed E-state index contributed by atoms with van der Waals surface area (Å²) in [6, 6.07) is 17.1. The van der Waals surface area contributed by atoms with Crippen LogP contribution in [0.5, 0.6) is 0 Å². The second-order valence-corrected chi connectivity index (χ2v) is 6.57. The number of rotatable bonds is 6. The van der Waals surface area contributed by atoms with Gasteiger partial charge in [0.15, 0.2) is 0 Å². The molecule has 2 amide bonds. The molecule has 2 aromatic carbocycles. The molecule has 2 rings (SSSR count). The van der Waals surface area contributed by atoms with E-state index in [9.17, 15) is 9.59 Å². The molecule has 2 aromatic rings. The molecule has 0 heterocycles. The lowest BCUT2D eigenvalue weighted by Gasteiger charge is -2.21. The quantitative estimate of drug-likeness (QED) is 0.779. The summed E-state index contributed by atoms with van der Waals surface area (Å²) in [7, 11) is 0. The molecule has 2 N–H and O–H groups in total. The lowest BCUT2D eigenvalue weighted by Crippen LogP contribution is -2.38. The standard InChI is InChI=1S/C21H26N2O2/c1-4-16-9-8-12-18(14-16)22-20(24)21(25)23-19(13-15(2)3)17-10-6-5-7-11-17/h5-12,14-15,19H,4,13H2,1-3H3,(H,22,24)(H,23,25)/t19-/m1/s1. The van der Waals surface area contributed by atoms with Crippen molar-refractivity contribution >= 4 is 17.5 Å². The summed E-state index contributed by atoms with van der Waals surface area (Å²) in [4.78, 5) is 24.6. The number of benzene rings is 2. The molecule has 0 fully saturated rings. The number of hydrogen-bond donors (Lipinski definition) is 2. The molecule has 1 atom stereocenters. The van der Waals surface area contributed by atoms with E-state index in [1.54, 1.807) is 6.07 Å². The zero-order valence-electron chi connectivity index (χ0n) is 15.1. The minimum atomic E-state index is -0.641. The molecule has 0 aliphatic carbocycles. The fourth-order valence-corrected chi connectivity index (χ4v) is 2.72. The summed E-state index contributed by atoms with van der Waals surface area (Å²) in [6.07, 6.45) is 1.65. The molecule has 4 nitrogen and oxygen atoms in total. The third kappa shape index (κ3) is 5.75. The average molecular weight is 338 g/mol. The normalized spacial score (nSPS) is 11.8. The number of amides is 2. The van der Waals surface area contributed by atoms with Gasteiger partial charge in [-0.25, -0.2) is 0 Å². The van der Waals surface area contributed by atoms with Gasteiger partial charge in [0.25, 0.3) is 0 Å². The molecule has 0 aliphatic heterocycles. The predicted octanol–water partition coefficient (Wildman–Crippen LogP) is 4.09. The van der Waals surface area contributed by atoms with Crippen LogP contribution in [0.1, 0.15) is 44.4 Å². The first-order chi connectivity index (χ1) is 12.0. The Labute approximate surface area is 149 Å². The molecular weight excluding hydrogens is 312 g/mol. The first-order valence-corrected chi connectivity index (χ1v) is 8.75. The third-order valence-electron chi connectivity index (χ3n) is 4.01.